The van der Waals surface area contributed by atoms with Crippen molar-refractivity contribution >= 4 is 26.8 Å². The molecule has 2 aromatic carbocycles. The minimum absolute atomic E-state index is 0.141. The van der Waals surface area contributed by atoms with Gasteiger partial charge in [0.15, 0.2) is 5.58 Å². The number of aromatic nitrogens is 1. The fourth-order valence-corrected chi connectivity index (χ4v) is 3.24. The minimum atomic E-state index is -3.87. The zero-order valence-corrected chi connectivity index (χ0v) is 14.3. The number of fused-ring (bicyclic) bond motifs is 1. The summed E-state index contributed by atoms with van der Waals surface area (Å²) in [7, 11) is -3.87. The summed E-state index contributed by atoms with van der Waals surface area (Å²) in [5.41, 5.74) is 1.22. The van der Waals surface area contributed by atoms with Gasteiger partial charge < -0.3 is 4.42 Å². The summed E-state index contributed by atoms with van der Waals surface area (Å²) < 4.78 is 46.0. The second kappa shape index (κ2) is 5.59. The molecule has 0 amide bonds. The molecule has 24 heavy (non-hydrogen) atoms. The fourth-order valence-electron chi connectivity index (χ4n) is 2.16. The van der Waals surface area contributed by atoms with Gasteiger partial charge in [-0.15, -0.1) is 0 Å². The molecule has 0 radical (unpaired) electrons. The number of sulfonamides is 1. The van der Waals surface area contributed by atoms with E-state index in [-0.39, 0.29) is 10.3 Å². The van der Waals surface area contributed by atoms with Gasteiger partial charge in [0.25, 0.3) is 10.0 Å². The van der Waals surface area contributed by atoms with Crippen molar-refractivity contribution < 1.29 is 17.2 Å². The van der Waals surface area contributed by atoms with Crippen LogP contribution in [0.4, 0.5) is 10.1 Å². The van der Waals surface area contributed by atoms with Gasteiger partial charge in [-0.3, -0.25) is 4.72 Å². The molecule has 0 fully saturated rings. The first-order valence-electron chi connectivity index (χ1n) is 7.35. The van der Waals surface area contributed by atoms with E-state index in [1.54, 1.807) is 18.2 Å². The molecule has 5 nitrogen and oxygen atoms in total. The lowest BCUT2D eigenvalue weighted by molar-refractivity contribution is 0.411. The van der Waals surface area contributed by atoms with Crippen LogP contribution in [0.1, 0.15) is 26.7 Å². The van der Waals surface area contributed by atoms with E-state index in [0.717, 1.165) is 6.07 Å². The summed E-state index contributed by atoms with van der Waals surface area (Å²) >= 11 is 0. The summed E-state index contributed by atoms with van der Waals surface area (Å²) in [5.74, 6) is -0.0396. The molecular formula is C17H17FN2O3S. The predicted molar refractivity (Wildman–Crippen MR) is 89.9 cm³/mol. The molecule has 0 atom stereocenters. The molecule has 0 saturated carbocycles. The molecule has 1 N–H and O–H groups in total. The number of halogens is 1. The van der Waals surface area contributed by atoms with E-state index in [4.69, 9.17) is 4.42 Å². The van der Waals surface area contributed by atoms with Crippen LogP contribution >= 0.6 is 0 Å². The third-order valence-corrected chi connectivity index (χ3v) is 4.77. The van der Waals surface area contributed by atoms with Crippen molar-refractivity contribution in [2.75, 3.05) is 4.72 Å². The van der Waals surface area contributed by atoms with Crippen LogP contribution < -0.4 is 4.72 Å². The number of nitrogens with one attached hydrogen (secondary N) is 1. The van der Waals surface area contributed by atoms with Crippen molar-refractivity contribution in [3.63, 3.8) is 0 Å². The van der Waals surface area contributed by atoms with Gasteiger partial charge in [0.05, 0.1) is 10.6 Å². The Kier molecular flexibility index (Phi) is 3.83. The average Bonchev–Trinajstić information content (AvgIpc) is 2.90. The number of anilines is 1. The second-order valence-electron chi connectivity index (χ2n) is 6.51. The molecule has 3 rings (SSSR count). The van der Waals surface area contributed by atoms with Crippen molar-refractivity contribution in [1.82, 2.24) is 4.98 Å². The Morgan fingerprint density at radius 2 is 1.88 bits per heavy atom. The van der Waals surface area contributed by atoms with Gasteiger partial charge >= 0.3 is 0 Å². The lowest BCUT2D eigenvalue weighted by atomic mass is 9.97. The first-order valence-corrected chi connectivity index (χ1v) is 8.83. The molecule has 3 aromatic rings. The van der Waals surface area contributed by atoms with Crippen LogP contribution in [0.15, 0.2) is 51.8 Å². The van der Waals surface area contributed by atoms with Gasteiger partial charge in [-0.1, -0.05) is 26.8 Å². The number of rotatable bonds is 3. The molecular weight excluding hydrogens is 331 g/mol. The Hall–Kier alpha value is -2.41. The lowest BCUT2D eigenvalue weighted by Gasteiger charge is -2.11. The van der Waals surface area contributed by atoms with Crippen LogP contribution in [0.25, 0.3) is 11.1 Å². The van der Waals surface area contributed by atoms with Crippen LogP contribution in [0, 0.1) is 5.82 Å². The van der Waals surface area contributed by atoms with Gasteiger partial charge in [0.2, 0.25) is 5.89 Å². The maximum absolute atomic E-state index is 13.2. The number of hydrogen-bond acceptors (Lipinski definition) is 4. The zero-order valence-electron chi connectivity index (χ0n) is 13.5. The Morgan fingerprint density at radius 3 is 2.54 bits per heavy atom. The highest BCUT2D eigenvalue weighted by atomic mass is 32.2. The van der Waals surface area contributed by atoms with Crippen molar-refractivity contribution in [3.8, 4) is 0 Å². The number of benzene rings is 2. The van der Waals surface area contributed by atoms with Crippen LogP contribution in [0.2, 0.25) is 0 Å². The highest BCUT2D eigenvalue weighted by Crippen LogP contribution is 2.28. The second-order valence-corrected chi connectivity index (χ2v) is 8.20. The topological polar surface area (TPSA) is 72.2 Å². The molecule has 0 bridgehead atoms. The molecule has 1 aromatic heterocycles. The van der Waals surface area contributed by atoms with Crippen molar-refractivity contribution in [1.29, 1.82) is 0 Å². The number of hydrogen-bond donors (Lipinski definition) is 1. The van der Waals surface area contributed by atoms with Gasteiger partial charge in [0, 0.05) is 5.41 Å². The zero-order chi connectivity index (χ0) is 17.5. The molecule has 0 aliphatic carbocycles. The first kappa shape index (κ1) is 16.4. The van der Waals surface area contributed by atoms with Crippen molar-refractivity contribution in [3.05, 3.63) is 54.2 Å². The summed E-state index contributed by atoms with van der Waals surface area (Å²) in [6.45, 7) is 5.93. The SMILES string of the molecule is CC(C)(C)c1nc2cc(NS(=O)(=O)c3cccc(F)c3)ccc2o1. The number of oxazole rings is 1. The van der Waals surface area contributed by atoms with E-state index >= 15 is 0 Å². The van der Waals surface area contributed by atoms with Gasteiger partial charge in [-0.05, 0) is 36.4 Å². The maximum atomic E-state index is 13.2. The van der Waals surface area contributed by atoms with Gasteiger partial charge in [-0.2, -0.15) is 0 Å². The molecule has 0 spiro atoms. The van der Waals surface area contributed by atoms with Gasteiger partial charge in [-0.25, -0.2) is 17.8 Å². The summed E-state index contributed by atoms with van der Waals surface area (Å²) in [6, 6.07) is 9.66. The third kappa shape index (κ3) is 3.26. The van der Waals surface area contributed by atoms with Crippen LogP contribution in [0.3, 0.4) is 0 Å². The predicted octanol–water partition coefficient (Wildman–Crippen LogP) is 4.07. The summed E-state index contributed by atoms with van der Waals surface area (Å²) in [6.07, 6.45) is 0. The standard InChI is InChI=1S/C17H17FN2O3S/c1-17(2,3)16-19-14-10-12(7-8-15(14)23-16)20-24(21,22)13-6-4-5-11(18)9-13/h4-10,20H,1-3H3. The van der Waals surface area contributed by atoms with Crippen molar-refractivity contribution in [2.45, 2.75) is 31.1 Å². The highest BCUT2D eigenvalue weighted by molar-refractivity contribution is 7.92. The smallest absolute Gasteiger partial charge is 0.261 e. The van der Waals surface area contributed by atoms with Crippen LogP contribution in [-0.2, 0) is 15.4 Å². The molecule has 0 aliphatic rings. The van der Waals surface area contributed by atoms with Crippen LogP contribution in [-0.4, -0.2) is 13.4 Å². The molecule has 0 saturated heterocycles. The molecule has 1 heterocycles. The normalized spacial score (nSPS) is 12.5. The first-order chi connectivity index (χ1) is 11.1. The molecule has 0 unspecified atom stereocenters. The summed E-state index contributed by atoms with van der Waals surface area (Å²) in [4.78, 5) is 4.26. The van der Waals surface area contributed by atoms with E-state index in [9.17, 15) is 12.8 Å². The Bertz CT molecular complexity index is 1000. The largest absolute Gasteiger partial charge is 0.440 e. The van der Waals surface area contributed by atoms with Crippen molar-refractivity contribution in [2.24, 2.45) is 0 Å². The van der Waals surface area contributed by atoms with E-state index in [1.165, 1.54) is 18.2 Å². The van der Waals surface area contributed by atoms with E-state index in [2.05, 4.69) is 9.71 Å². The molecule has 0 aliphatic heterocycles. The Morgan fingerprint density at radius 1 is 1.12 bits per heavy atom. The van der Waals surface area contributed by atoms with E-state index in [1.807, 2.05) is 20.8 Å². The molecule has 7 heteroatoms. The Labute approximate surface area is 139 Å². The molecule has 126 valence electrons. The fraction of sp³-hybridized carbons (Fsp3) is 0.235. The lowest BCUT2D eigenvalue weighted by Crippen LogP contribution is -2.13. The Balaban J connectivity index is 1.95. The minimum Gasteiger partial charge on any atom is -0.440 e. The van der Waals surface area contributed by atoms with E-state index in [0.29, 0.717) is 22.7 Å². The number of nitrogens with zero attached hydrogens (tertiary/aromatic N) is 1. The van der Waals surface area contributed by atoms with E-state index < -0.39 is 15.8 Å². The third-order valence-electron chi connectivity index (χ3n) is 3.39. The summed E-state index contributed by atoms with van der Waals surface area (Å²) in [5, 5.41) is 0. The highest BCUT2D eigenvalue weighted by Gasteiger charge is 2.21. The van der Waals surface area contributed by atoms with Crippen LogP contribution in [0.5, 0.6) is 0 Å². The monoisotopic (exact) mass is 348 g/mol. The quantitative estimate of drug-likeness (QED) is 0.774. The van der Waals surface area contributed by atoms with Gasteiger partial charge in [0.1, 0.15) is 11.3 Å². The average molecular weight is 348 g/mol. The maximum Gasteiger partial charge on any atom is 0.261 e.